The van der Waals surface area contributed by atoms with Gasteiger partial charge in [-0.25, -0.2) is 0 Å². The lowest BCUT2D eigenvalue weighted by Gasteiger charge is -2.30. The van der Waals surface area contributed by atoms with Gasteiger partial charge in [-0.05, 0) is 18.2 Å². The van der Waals surface area contributed by atoms with Crippen molar-refractivity contribution >= 4 is 17.8 Å². The van der Waals surface area contributed by atoms with Crippen molar-refractivity contribution < 1.29 is 32.2 Å². The maximum absolute atomic E-state index is 12.8. The van der Waals surface area contributed by atoms with Crippen LogP contribution in [0.2, 0.25) is 0 Å². The Morgan fingerprint density at radius 3 is 1.91 bits per heavy atom. The molecule has 172 valence electrons. The summed E-state index contributed by atoms with van der Waals surface area (Å²) in [6.07, 6.45) is -4.94. The highest BCUT2D eigenvalue weighted by molar-refractivity contribution is 5.94. The number of anilines is 2. The highest BCUT2D eigenvalue weighted by Gasteiger charge is 2.32. The molecule has 1 aromatic carbocycles. The molecule has 2 aliphatic heterocycles. The van der Waals surface area contributed by atoms with Gasteiger partial charge in [-0.2, -0.15) is 15.0 Å². The summed E-state index contributed by atoms with van der Waals surface area (Å²) in [5, 5.41) is 0. The van der Waals surface area contributed by atoms with Crippen molar-refractivity contribution in [3.63, 3.8) is 0 Å². The predicted molar refractivity (Wildman–Crippen MR) is 107 cm³/mol. The number of primary amides is 1. The summed E-state index contributed by atoms with van der Waals surface area (Å²) in [6, 6.07) is 3.36. The molecule has 2 aliphatic rings. The second-order valence-electron chi connectivity index (χ2n) is 7.12. The van der Waals surface area contributed by atoms with Gasteiger partial charge in [-0.1, -0.05) is 0 Å². The lowest BCUT2D eigenvalue weighted by atomic mass is 10.1. The van der Waals surface area contributed by atoms with Crippen LogP contribution in [0, 0.1) is 0 Å². The number of nitrogens with two attached hydrogens (primary N) is 1. The minimum atomic E-state index is -4.94. The summed E-state index contributed by atoms with van der Waals surface area (Å²) in [6.45, 7) is 4.18. The van der Waals surface area contributed by atoms with E-state index >= 15 is 0 Å². The number of hydrogen-bond acceptors (Lipinski definition) is 9. The number of nitrogens with zero attached hydrogens (tertiary/aromatic N) is 5. The Morgan fingerprint density at radius 1 is 0.906 bits per heavy atom. The van der Waals surface area contributed by atoms with E-state index in [4.69, 9.17) is 15.2 Å². The summed E-state index contributed by atoms with van der Waals surface area (Å²) < 4.78 is 53.2. The number of carbonyl (C=O) groups is 1. The monoisotopic (exact) mass is 454 g/mol. The molecule has 2 fully saturated rings. The molecule has 1 aromatic heterocycles. The van der Waals surface area contributed by atoms with Gasteiger partial charge in [0, 0.05) is 37.3 Å². The van der Waals surface area contributed by atoms with E-state index in [1.165, 1.54) is 6.07 Å². The fourth-order valence-electron chi connectivity index (χ4n) is 3.36. The summed E-state index contributed by atoms with van der Waals surface area (Å²) >= 11 is 0. The zero-order valence-electron chi connectivity index (χ0n) is 17.0. The van der Waals surface area contributed by atoms with Crippen molar-refractivity contribution in [3.8, 4) is 17.1 Å². The highest BCUT2D eigenvalue weighted by atomic mass is 19.4. The third kappa shape index (κ3) is 5.34. The molecule has 0 unspecified atom stereocenters. The van der Waals surface area contributed by atoms with Gasteiger partial charge in [0.25, 0.3) is 0 Å². The largest absolute Gasteiger partial charge is 0.573 e. The van der Waals surface area contributed by atoms with Crippen molar-refractivity contribution in [2.24, 2.45) is 5.73 Å². The third-order valence-corrected chi connectivity index (χ3v) is 4.88. The molecule has 3 heterocycles. The molecule has 13 heteroatoms. The van der Waals surface area contributed by atoms with Crippen molar-refractivity contribution in [3.05, 3.63) is 23.8 Å². The summed E-state index contributed by atoms with van der Waals surface area (Å²) in [5.41, 5.74) is 5.30. The van der Waals surface area contributed by atoms with E-state index in [9.17, 15) is 18.0 Å². The summed E-state index contributed by atoms with van der Waals surface area (Å²) in [5.74, 6) is -0.678. The van der Waals surface area contributed by atoms with E-state index in [0.29, 0.717) is 64.5 Å². The van der Waals surface area contributed by atoms with Gasteiger partial charge >= 0.3 is 6.36 Å². The van der Waals surface area contributed by atoms with Crippen molar-refractivity contribution in [1.29, 1.82) is 0 Å². The molecular weight excluding hydrogens is 433 g/mol. The van der Waals surface area contributed by atoms with Crippen LogP contribution in [0.1, 0.15) is 10.4 Å². The van der Waals surface area contributed by atoms with Gasteiger partial charge in [-0.15, -0.1) is 13.2 Å². The van der Waals surface area contributed by atoms with E-state index in [2.05, 4.69) is 19.7 Å². The van der Waals surface area contributed by atoms with Crippen LogP contribution in [-0.2, 0) is 9.47 Å². The van der Waals surface area contributed by atoms with Crippen LogP contribution in [0.5, 0.6) is 5.75 Å². The van der Waals surface area contributed by atoms with Crippen LogP contribution >= 0.6 is 0 Å². The molecule has 0 saturated carbocycles. The first-order valence-electron chi connectivity index (χ1n) is 9.91. The van der Waals surface area contributed by atoms with Gasteiger partial charge in [0.05, 0.1) is 26.4 Å². The number of amides is 1. The molecule has 2 aromatic rings. The number of aromatic nitrogens is 3. The number of carbonyl (C=O) groups excluding carboxylic acids is 1. The number of morpholine rings is 2. The van der Waals surface area contributed by atoms with E-state index in [1.54, 1.807) is 0 Å². The second kappa shape index (κ2) is 9.12. The van der Waals surface area contributed by atoms with Gasteiger partial charge in [-0.3, -0.25) is 4.79 Å². The number of rotatable bonds is 5. The van der Waals surface area contributed by atoms with Crippen LogP contribution in [0.15, 0.2) is 18.2 Å². The quantitative estimate of drug-likeness (QED) is 0.712. The first-order valence-corrected chi connectivity index (χ1v) is 9.91. The molecular formula is C19H21F3N6O4. The Hall–Kier alpha value is -3.19. The van der Waals surface area contributed by atoms with E-state index in [0.717, 1.165) is 12.1 Å². The molecule has 0 radical (unpaired) electrons. The number of alkyl halides is 3. The number of benzene rings is 1. The molecule has 2 N–H and O–H groups in total. The zero-order valence-corrected chi connectivity index (χ0v) is 17.0. The smallest absolute Gasteiger partial charge is 0.406 e. The van der Waals surface area contributed by atoms with Crippen LogP contribution in [0.25, 0.3) is 11.4 Å². The normalized spacial score (nSPS) is 17.3. The Labute approximate surface area is 181 Å². The highest BCUT2D eigenvalue weighted by Crippen LogP contribution is 2.30. The molecule has 0 spiro atoms. The number of hydrogen-bond donors (Lipinski definition) is 1. The second-order valence-corrected chi connectivity index (χ2v) is 7.12. The Balaban J connectivity index is 1.79. The number of ether oxygens (including phenoxy) is 3. The van der Waals surface area contributed by atoms with Crippen LogP contribution in [0.4, 0.5) is 25.1 Å². The summed E-state index contributed by atoms with van der Waals surface area (Å²) in [7, 11) is 0. The van der Waals surface area contributed by atoms with Gasteiger partial charge in [0.1, 0.15) is 5.75 Å². The Morgan fingerprint density at radius 2 is 1.44 bits per heavy atom. The Kier molecular flexibility index (Phi) is 6.28. The average Bonchev–Trinajstić information content (AvgIpc) is 2.78. The maximum Gasteiger partial charge on any atom is 0.573 e. The standard InChI is InChI=1S/C19H21F3N6O4/c20-19(21,22)32-14-10-12(15(23)29)9-13(11-14)16-24-17(27-1-5-30-6-2-27)26-18(25-16)28-3-7-31-8-4-28/h9-11H,1-8H2,(H2,23,29). The van der Waals surface area contributed by atoms with Crippen LogP contribution < -0.4 is 20.3 Å². The topological polar surface area (TPSA) is 116 Å². The molecule has 10 nitrogen and oxygen atoms in total. The third-order valence-electron chi connectivity index (χ3n) is 4.88. The minimum Gasteiger partial charge on any atom is -0.406 e. The molecule has 32 heavy (non-hydrogen) atoms. The summed E-state index contributed by atoms with van der Waals surface area (Å²) in [4.78, 5) is 29.0. The van der Waals surface area contributed by atoms with Crippen LogP contribution in [0.3, 0.4) is 0 Å². The number of halogens is 3. The molecule has 2 saturated heterocycles. The maximum atomic E-state index is 12.8. The van der Waals surface area contributed by atoms with Crippen LogP contribution in [-0.4, -0.2) is 79.8 Å². The average molecular weight is 454 g/mol. The fourth-order valence-corrected chi connectivity index (χ4v) is 3.36. The first-order chi connectivity index (χ1) is 15.3. The lowest BCUT2D eigenvalue weighted by Crippen LogP contribution is -2.40. The predicted octanol–water partition coefficient (Wildman–Crippen LogP) is 1.21. The minimum absolute atomic E-state index is 0.0955. The lowest BCUT2D eigenvalue weighted by molar-refractivity contribution is -0.274. The first kappa shape index (κ1) is 22.0. The Bertz CT molecular complexity index is 942. The van der Waals surface area contributed by atoms with Gasteiger partial charge in [0.2, 0.25) is 17.8 Å². The molecule has 1 amide bonds. The molecule has 0 bridgehead atoms. The van der Waals surface area contributed by atoms with Gasteiger partial charge < -0.3 is 29.7 Å². The van der Waals surface area contributed by atoms with Crippen molar-refractivity contribution in [2.45, 2.75) is 6.36 Å². The van der Waals surface area contributed by atoms with Crippen molar-refractivity contribution in [1.82, 2.24) is 15.0 Å². The van der Waals surface area contributed by atoms with E-state index < -0.39 is 18.0 Å². The SMILES string of the molecule is NC(=O)c1cc(OC(F)(F)F)cc(-c2nc(N3CCOCC3)nc(N3CCOCC3)n2)c1. The molecule has 4 rings (SSSR count). The van der Waals surface area contributed by atoms with Gasteiger partial charge in [0.15, 0.2) is 5.82 Å². The fraction of sp³-hybridized carbons (Fsp3) is 0.474. The molecule has 0 aliphatic carbocycles. The molecule has 0 atom stereocenters. The van der Waals surface area contributed by atoms with Crippen molar-refractivity contribution in [2.75, 3.05) is 62.4 Å². The zero-order chi connectivity index (χ0) is 22.7. The van der Waals surface area contributed by atoms with E-state index in [1.807, 2.05) is 9.80 Å². The van der Waals surface area contributed by atoms with E-state index in [-0.39, 0.29) is 17.0 Å².